The molecule has 0 amide bonds. The average Bonchev–Trinajstić information content (AvgIpc) is 3.95. The highest BCUT2D eigenvalue weighted by molar-refractivity contribution is 5.90. The first-order chi connectivity index (χ1) is 29.4. The van der Waals surface area contributed by atoms with Gasteiger partial charge in [0.15, 0.2) is 0 Å². The largest absolute Gasteiger partial charge is 0.459 e. The molecule has 0 radical (unpaired) electrons. The number of fused-ring (bicyclic) bond motifs is 2. The summed E-state index contributed by atoms with van der Waals surface area (Å²) in [6.07, 6.45) is 24.0. The maximum Gasteiger partial charge on any atom is 0.333 e. The summed E-state index contributed by atoms with van der Waals surface area (Å²) in [5.74, 6) is 3.08. The molecular weight excluding hydrogens is 789 g/mol. The van der Waals surface area contributed by atoms with Gasteiger partial charge in [-0.15, -0.1) is 0 Å². The number of carbonyl (C=O) groups is 2. The molecule has 0 unspecified atom stereocenters. The Kier molecular flexibility index (Phi) is 15.6. The Morgan fingerprint density at radius 1 is 0.587 bits per heavy atom. The van der Waals surface area contributed by atoms with Crippen molar-refractivity contribution in [1.29, 1.82) is 0 Å². The number of cyclic esters (lactones) is 2. The van der Waals surface area contributed by atoms with Gasteiger partial charge in [0.1, 0.15) is 12.2 Å². The fourth-order valence-electron chi connectivity index (χ4n) is 14.0. The molecule has 4 N–H and O–H groups in total. The molecule has 0 aromatic rings. The lowest BCUT2D eigenvalue weighted by Crippen LogP contribution is -2.36. The lowest BCUT2D eigenvalue weighted by atomic mass is 9.60. The SMILES string of the molecule is C.C=C1C[C@@H](C[C@@H](C)[C@H]2CC[C@H]3/C(=C/C=C4C[C@@H](O)C(=C)[C@H](O)C4)CCC[C@]23C)OC1=O.C=C1C[C@H](C[C@@H](C)[C@H]2CC[C@H]3/C(=C/C=C4C[C@@H](O)C(=C)[C@H](O)C4)CCC[C@]23C)OC1=O. The van der Waals surface area contributed by atoms with Gasteiger partial charge in [0.05, 0.1) is 24.4 Å². The highest BCUT2D eigenvalue weighted by Gasteiger charge is 2.52. The number of aliphatic hydroxyl groups is 4. The van der Waals surface area contributed by atoms with Crippen molar-refractivity contribution in [2.45, 2.75) is 187 Å². The second-order valence-electron chi connectivity index (χ2n) is 21.5. The molecule has 6 aliphatic carbocycles. The molecule has 8 nitrogen and oxygen atoms in total. The number of ether oxygens (including phenoxy) is 2. The van der Waals surface area contributed by atoms with E-state index in [1.165, 1.54) is 62.5 Å². The minimum Gasteiger partial charge on any atom is -0.459 e. The van der Waals surface area contributed by atoms with Crippen molar-refractivity contribution in [3.8, 4) is 0 Å². The number of hydrogen-bond acceptors (Lipinski definition) is 8. The molecule has 0 aromatic heterocycles. The van der Waals surface area contributed by atoms with Gasteiger partial charge in [-0.2, -0.15) is 0 Å². The van der Waals surface area contributed by atoms with Crippen molar-refractivity contribution in [3.05, 3.63) is 95.2 Å². The molecule has 2 aliphatic heterocycles. The highest BCUT2D eigenvalue weighted by atomic mass is 16.6. The maximum atomic E-state index is 11.7. The van der Waals surface area contributed by atoms with Crippen molar-refractivity contribution in [2.75, 3.05) is 0 Å². The van der Waals surface area contributed by atoms with Crippen molar-refractivity contribution in [3.63, 3.8) is 0 Å². The van der Waals surface area contributed by atoms with E-state index in [2.05, 4.69) is 78.3 Å². The zero-order chi connectivity index (χ0) is 44.7. The first-order valence-corrected chi connectivity index (χ1v) is 24.0. The molecular formula is C55H80O8. The van der Waals surface area contributed by atoms with Crippen LogP contribution in [-0.4, -0.2) is 69.0 Å². The molecule has 0 spiro atoms. The Labute approximate surface area is 379 Å². The lowest BCUT2D eigenvalue weighted by Gasteiger charge is -2.44. The smallest absolute Gasteiger partial charge is 0.333 e. The predicted octanol–water partition coefficient (Wildman–Crippen LogP) is 10.7. The highest BCUT2D eigenvalue weighted by Crippen LogP contribution is 2.61. The van der Waals surface area contributed by atoms with Gasteiger partial charge < -0.3 is 29.9 Å². The van der Waals surface area contributed by atoms with Crippen LogP contribution in [0.25, 0.3) is 0 Å². The standard InChI is InChI=1S/2C27H38O4.CH4/c2*1-16(12-21-13-17(2)26(30)31-21)22-9-10-23-20(6-5-11-27(22,23)4)8-7-19-14-24(28)18(3)25(29)15-19;/h2*7-8,16,21-25,28-29H,2-3,5-6,9-15H2,1,4H3;1H4/b2*20-8+;/t16-,21+,22-,23+,24-,25-,27-;16-,21-,22-,23+,24-,25-,27-;/m11./s1. The minimum atomic E-state index is -0.637. The second kappa shape index (κ2) is 20.1. The van der Waals surface area contributed by atoms with Gasteiger partial charge in [-0.1, -0.05) is 108 Å². The van der Waals surface area contributed by atoms with Gasteiger partial charge in [0.2, 0.25) is 0 Å². The third kappa shape index (κ3) is 10.4. The summed E-state index contributed by atoms with van der Waals surface area (Å²) >= 11 is 0. The lowest BCUT2D eigenvalue weighted by molar-refractivity contribution is -0.140. The normalized spacial score (nSPS) is 40.1. The number of carbonyl (C=O) groups excluding carboxylic acids is 2. The van der Waals surface area contributed by atoms with Crippen LogP contribution in [0, 0.1) is 46.3 Å². The molecule has 8 aliphatic rings. The predicted molar refractivity (Wildman–Crippen MR) is 251 cm³/mol. The Bertz CT molecular complexity index is 1710. The Balaban J connectivity index is 0.000000206. The zero-order valence-electron chi connectivity index (χ0n) is 38.2. The number of allylic oxidation sites excluding steroid dienone is 6. The van der Waals surface area contributed by atoms with Crippen LogP contribution in [0.1, 0.15) is 151 Å². The third-order valence-corrected chi connectivity index (χ3v) is 17.4. The van der Waals surface area contributed by atoms with Crippen LogP contribution in [0.5, 0.6) is 0 Å². The molecule has 8 fully saturated rings. The van der Waals surface area contributed by atoms with Crippen molar-refractivity contribution in [2.24, 2.45) is 46.3 Å². The van der Waals surface area contributed by atoms with E-state index < -0.39 is 24.4 Å². The first-order valence-electron chi connectivity index (χ1n) is 24.0. The molecule has 8 heteroatoms. The van der Waals surface area contributed by atoms with E-state index in [-0.39, 0.29) is 31.6 Å². The number of aliphatic hydroxyl groups excluding tert-OH is 4. The fraction of sp³-hybridized carbons (Fsp3) is 0.673. The second-order valence-corrected chi connectivity index (χ2v) is 21.5. The number of hydrogen-bond donors (Lipinski definition) is 4. The Hall–Kier alpha value is -3.30. The van der Waals surface area contributed by atoms with E-state index in [0.29, 0.717) is 107 Å². The molecule has 0 aromatic carbocycles. The Morgan fingerprint density at radius 2 is 0.937 bits per heavy atom. The van der Waals surface area contributed by atoms with Crippen LogP contribution in [-0.2, 0) is 19.1 Å². The molecule has 0 bridgehead atoms. The maximum absolute atomic E-state index is 11.7. The summed E-state index contributed by atoms with van der Waals surface area (Å²) in [5, 5.41) is 40.5. The summed E-state index contributed by atoms with van der Waals surface area (Å²) in [6.45, 7) is 24.9. The summed E-state index contributed by atoms with van der Waals surface area (Å²) in [5.41, 5.74) is 8.18. The summed E-state index contributed by atoms with van der Waals surface area (Å²) in [7, 11) is 0. The molecule has 2 saturated heterocycles. The van der Waals surface area contributed by atoms with E-state index in [1.807, 2.05) is 0 Å². The van der Waals surface area contributed by atoms with E-state index in [9.17, 15) is 30.0 Å². The van der Waals surface area contributed by atoms with E-state index in [4.69, 9.17) is 9.47 Å². The van der Waals surface area contributed by atoms with Crippen LogP contribution in [0.2, 0.25) is 0 Å². The molecule has 2 heterocycles. The van der Waals surface area contributed by atoms with E-state index >= 15 is 0 Å². The average molecular weight is 869 g/mol. The number of esters is 2. The minimum absolute atomic E-state index is 0. The quantitative estimate of drug-likeness (QED) is 0.108. The molecule has 348 valence electrons. The fourth-order valence-corrected chi connectivity index (χ4v) is 14.0. The summed E-state index contributed by atoms with van der Waals surface area (Å²) < 4.78 is 11.0. The molecule has 63 heavy (non-hydrogen) atoms. The number of rotatable bonds is 8. The van der Waals surface area contributed by atoms with Gasteiger partial charge in [-0.3, -0.25) is 0 Å². The van der Waals surface area contributed by atoms with Gasteiger partial charge in [-0.25, -0.2) is 9.59 Å². The van der Waals surface area contributed by atoms with Crippen LogP contribution in [0.15, 0.2) is 95.2 Å². The van der Waals surface area contributed by atoms with Crippen LogP contribution >= 0.6 is 0 Å². The monoisotopic (exact) mass is 869 g/mol. The van der Waals surface area contributed by atoms with Crippen LogP contribution < -0.4 is 0 Å². The Morgan fingerprint density at radius 3 is 1.25 bits per heavy atom. The summed E-state index contributed by atoms with van der Waals surface area (Å²) in [4.78, 5) is 23.4. The van der Waals surface area contributed by atoms with Gasteiger partial charge in [-0.05, 0) is 160 Å². The third-order valence-electron chi connectivity index (χ3n) is 17.4. The van der Waals surface area contributed by atoms with Crippen molar-refractivity contribution < 1.29 is 39.5 Å². The van der Waals surface area contributed by atoms with Crippen molar-refractivity contribution >= 4 is 11.9 Å². The van der Waals surface area contributed by atoms with Crippen LogP contribution in [0.4, 0.5) is 0 Å². The summed E-state index contributed by atoms with van der Waals surface area (Å²) in [6, 6.07) is 0. The molecule has 6 saturated carbocycles. The topological polar surface area (TPSA) is 134 Å². The van der Waals surface area contributed by atoms with Crippen LogP contribution in [0.3, 0.4) is 0 Å². The van der Waals surface area contributed by atoms with Crippen molar-refractivity contribution in [1.82, 2.24) is 0 Å². The zero-order valence-corrected chi connectivity index (χ0v) is 38.2. The van der Waals surface area contributed by atoms with Gasteiger partial charge in [0.25, 0.3) is 0 Å². The van der Waals surface area contributed by atoms with E-state index in [0.717, 1.165) is 36.8 Å². The van der Waals surface area contributed by atoms with Gasteiger partial charge >= 0.3 is 11.9 Å². The van der Waals surface area contributed by atoms with E-state index in [1.54, 1.807) is 0 Å². The molecule has 8 rings (SSSR count). The van der Waals surface area contributed by atoms with Gasteiger partial charge in [0, 0.05) is 24.0 Å². The molecule has 14 atom stereocenters. The first kappa shape index (κ1) is 49.1.